The average Bonchev–Trinajstić information content (AvgIpc) is 2.34. The molecule has 1 aromatic heterocycles. The Bertz CT molecular complexity index is 597. The minimum atomic E-state index is -1.37. The van der Waals surface area contributed by atoms with Crippen molar-refractivity contribution in [2.45, 2.75) is 27.3 Å². The molecule has 0 saturated carbocycles. The molecule has 19 heavy (non-hydrogen) atoms. The molecule has 0 aliphatic heterocycles. The van der Waals surface area contributed by atoms with Crippen LogP contribution in [0.2, 0.25) is 0 Å². The molecule has 0 aromatic carbocycles. The number of carbonyl (C=O) groups excluding carboxylic acids is 2. The first-order chi connectivity index (χ1) is 8.78. The number of aromatic nitrogens is 2. The van der Waals surface area contributed by atoms with E-state index >= 15 is 0 Å². The summed E-state index contributed by atoms with van der Waals surface area (Å²) in [5, 5.41) is 2.23. The number of ketones is 1. The van der Waals surface area contributed by atoms with Crippen molar-refractivity contribution in [3.8, 4) is 0 Å². The van der Waals surface area contributed by atoms with Gasteiger partial charge in [-0.15, -0.1) is 0 Å². The summed E-state index contributed by atoms with van der Waals surface area (Å²) in [6.07, 6.45) is 0. The Hall–Kier alpha value is -2.18. The lowest BCUT2D eigenvalue weighted by Crippen LogP contribution is -2.40. The smallest absolute Gasteiger partial charge is 0.319 e. The number of Topliss-reactive ketones (excluding diaryl/α,β-unsaturated/α-hetero) is 1. The Balaban J connectivity index is 2.96. The van der Waals surface area contributed by atoms with Crippen LogP contribution in [0.15, 0.2) is 21.7 Å². The first-order valence-corrected chi connectivity index (χ1v) is 5.79. The molecule has 0 fully saturated rings. The highest BCUT2D eigenvalue weighted by Gasteiger charge is 2.37. The summed E-state index contributed by atoms with van der Waals surface area (Å²) in [4.78, 5) is 46.2. The van der Waals surface area contributed by atoms with Crippen LogP contribution in [0.1, 0.15) is 20.8 Å². The summed E-state index contributed by atoms with van der Waals surface area (Å²) in [5.74, 6) is -1.18. The minimum absolute atomic E-state index is 0.164. The van der Waals surface area contributed by atoms with Crippen molar-refractivity contribution in [2.75, 3.05) is 6.61 Å². The van der Waals surface area contributed by atoms with Crippen LogP contribution in [-0.2, 0) is 20.9 Å². The minimum Gasteiger partial charge on any atom is -0.465 e. The molecule has 0 unspecified atom stereocenters. The zero-order valence-corrected chi connectivity index (χ0v) is 11.1. The largest absolute Gasteiger partial charge is 0.465 e. The normalized spacial score (nSPS) is 11.1. The summed E-state index contributed by atoms with van der Waals surface area (Å²) >= 11 is 0. The van der Waals surface area contributed by atoms with Gasteiger partial charge in [0.15, 0.2) is 5.78 Å². The van der Waals surface area contributed by atoms with Gasteiger partial charge in [-0.05, 0) is 20.8 Å². The number of nitrogens with one attached hydrogen (secondary N) is 1. The lowest BCUT2D eigenvalue weighted by atomic mass is 9.88. The molecule has 7 heteroatoms. The van der Waals surface area contributed by atoms with Gasteiger partial charge in [0.1, 0.15) is 12.0 Å². The van der Waals surface area contributed by atoms with Crippen molar-refractivity contribution in [3.05, 3.63) is 32.8 Å². The fourth-order valence-corrected chi connectivity index (χ4v) is 1.35. The van der Waals surface area contributed by atoms with Crippen LogP contribution >= 0.6 is 0 Å². The molecule has 104 valence electrons. The Kier molecular flexibility index (Phi) is 4.42. The van der Waals surface area contributed by atoms with Crippen LogP contribution in [0.3, 0.4) is 0 Å². The first kappa shape index (κ1) is 14.9. The SMILES string of the molecule is CCOC(=O)C(C)(C)C(=O)Cn1[nH]c(=O)ccc1=O. The van der Waals surface area contributed by atoms with E-state index in [0.29, 0.717) is 0 Å². The number of aromatic amines is 1. The van der Waals surface area contributed by atoms with Gasteiger partial charge in [0.2, 0.25) is 0 Å². The molecule has 0 spiro atoms. The molecule has 7 nitrogen and oxygen atoms in total. The predicted octanol–water partition coefficient (Wildman–Crippen LogP) is -0.305. The van der Waals surface area contributed by atoms with E-state index in [2.05, 4.69) is 5.10 Å². The van der Waals surface area contributed by atoms with Gasteiger partial charge in [-0.3, -0.25) is 24.3 Å². The summed E-state index contributed by atoms with van der Waals surface area (Å²) in [6.45, 7) is 4.24. The molecule has 0 aliphatic rings. The Morgan fingerprint density at radius 2 is 1.95 bits per heavy atom. The fraction of sp³-hybridized carbons (Fsp3) is 0.500. The molecule has 0 aliphatic carbocycles. The van der Waals surface area contributed by atoms with Gasteiger partial charge in [0, 0.05) is 12.1 Å². The maximum atomic E-state index is 12.0. The zero-order chi connectivity index (χ0) is 14.6. The van der Waals surface area contributed by atoms with E-state index in [1.165, 1.54) is 13.8 Å². The van der Waals surface area contributed by atoms with Gasteiger partial charge >= 0.3 is 5.97 Å². The number of H-pyrrole nitrogens is 1. The van der Waals surface area contributed by atoms with Gasteiger partial charge < -0.3 is 4.74 Å². The summed E-state index contributed by atoms with van der Waals surface area (Å²) in [6, 6.07) is 2.13. The molecule has 1 aromatic rings. The van der Waals surface area contributed by atoms with Crippen LogP contribution in [0.5, 0.6) is 0 Å². The van der Waals surface area contributed by atoms with Gasteiger partial charge in [-0.25, -0.2) is 4.68 Å². The maximum absolute atomic E-state index is 12.0. The third-order valence-electron chi connectivity index (χ3n) is 2.67. The topological polar surface area (TPSA) is 98.2 Å². The number of carbonyl (C=O) groups is 2. The van der Waals surface area contributed by atoms with Gasteiger partial charge in [0.05, 0.1) is 6.61 Å². The van der Waals surface area contributed by atoms with Crippen molar-refractivity contribution in [1.29, 1.82) is 0 Å². The van der Waals surface area contributed by atoms with Crippen molar-refractivity contribution >= 4 is 11.8 Å². The van der Waals surface area contributed by atoms with E-state index in [1.807, 2.05) is 0 Å². The highest BCUT2D eigenvalue weighted by atomic mass is 16.5. The number of nitrogens with zero attached hydrogens (tertiary/aromatic N) is 1. The van der Waals surface area contributed by atoms with Crippen molar-refractivity contribution in [3.63, 3.8) is 0 Å². The quantitative estimate of drug-likeness (QED) is 0.583. The second kappa shape index (κ2) is 5.64. The van der Waals surface area contributed by atoms with E-state index in [-0.39, 0.29) is 13.2 Å². The highest BCUT2D eigenvalue weighted by molar-refractivity contribution is 6.02. The van der Waals surface area contributed by atoms with Crippen molar-refractivity contribution in [1.82, 2.24) is 9.78 Å². The molecule has 0 radical (unpaired) electrons. The first-order valence-electron chi connectivity index (χ1n) is 5.79. The standard InChI is InChI=1S/C12H16N2O5/c1-4-19-11(18)12(2,3)8(15)7-14-10(17)6-5-9(16)13-14/h5-6H,4,7H2,1-3H3,(H,13,16). The summed E-state index contributed by atoms with van der Waals surface area (Å²) < 4.78 is 5.67. The van der Waals surface area contributed by atoms with Crippen LogP contribution in [0.25, 0.3) is 0 Å². The van der Waals surface area contributed by atoms with Crippen molar-refractivity contribution < 1.29 is 14.3 Å². The third kappa shape index (κ3) is 3.40. The maximum Gasteiger partial charge on any atom is 0.319 e. The van der Waals surface area contributed by atoms with E-state index in [9.17, 15) is 19.2 Å². The molecule has 0 saturated heterocycles. The van der Waals surface area contributed by atoms with Gasteiger partial charge in [-0.2, -0.15) is 0 Å². The number of ether oxygens (including phenoxy) is 1. The second-order valence-corrected chi connectivity index (χ2v) is 4.50. The van der Waals surface area contributed by atoms with Crippen LogP contribution in [0, 0.1) is 5.41 Å². The average molecular weight is 268 g/mol. The van der Waals surface area contributed by atoms with E-state index in [0.717, 1.165) is 16.8 Å². The van der Waals surface area contributed by atoms with E-state index in [4.69, 9.17) is 4.74 Å². The van der Waals surface area contributed by atoms with E-state index in [1.54, 1.807) is 6.92 Å². The number of rotatable bonds is 5. The number of hydrogen-bond donors (Lipinski definition) is 1. The fourth-order valence-electron chi connectivity index (χ4n) is 1.35. The van der Waals surface area contributed by atoms with Gasteiger partial charge in [0.25, 0.3) is 11.1 Å². The molecular weight excluding hydrogens is 252 g/mol. The molecule has 0 atom stereocenters. The third-order valence-corrected chi connectivity index (χ3v) is 2.67. The number of esters is 1. The molecule has 0 amide bonds. The lowest BCUT2D eigenvalue weighted by Gasteiger charge is -2.20. The molecule has 1 rings (SSSR count). The zero-order valence-electron chi connectivity index (χ0n) is 11.1. The predicted molar refractivity (Wildman–Crippen MR) is 66.7 cm³/mol. The monoisotopic (exact) mass is 268 g/mol. The van der Waals surface area contributed by atoms with Crippen LogP contribution < -0.4 is 11.1 Å². The Morgan fingerprint density at radius 1 is 1.32 bits per heavy atom. The van der Waals surface area contributed by atoms with Crippen molar-refractivity contribution in [2.24, 2.45) is 5.41 Å². The molecule has 1 heterocycles. The Morgan fingerprint density at radius 3 is 2.53 bits per heavy atom. The van der Waals surface area contributed by atoms with Crippen LogP contribution in [-0.4, -0.2) is 28.1 Å². The highest BCUT2D eigenvalue weighted by Crippen LogP contribution is 2.19. The second-order valence-electron chi connectivity index (χ2n) is 4.50. The summed E-state index contributed by atoms with van der Waals surface area (Å²) in [7, 11) is 0. The number of hydrogen-bond acceptors (Lipinski definition) is 5. The summed E-state index contributed by atoms with van der Waals surface area (Å²) in [5.41, 5.74) is -2.39. The van der Waals surface area contributed by atoms with Gasteiger partial charge in [-0.1, -0.05) is 0 Å². The molecular formula is C12H16N2O5. The molecule has 1 N–H and O–H groups in total. The Labute approximate surface area is 109 Å². The van der Waals surface area contributed by atoms with E-state index < -0.39 is 28.3 Å². The van der Waals surface area contributed by atoms with Crippen LogP contribution in [0.4, 0.5) is 0 Å². The lowest BCUT2D eigenvalue weighted by molar-refractivity contribution is -0.158. The molecule has 0 bridgehead atoms.